The highest BCUT2D eigenvalue weighted by Gasteiger charge is 1.98. The molecule has 8 N–H and O–H groups in total. The van der Waals surface area contributed by atoms with E-state index in [0.29, 0.717) is 19.4 Å². The SMILES string of the molecule is CC(=O)O.CC(=O)O.CC(=O)O.CC(=O)O.CC(=O)O.CC(=O)O.CC(=O)O.CCOC(=O)CCCO. The Morgan fingerprint density at radius 2 is 0.649 bits per heavy atom. The molecule has 0 unspecified atom stereocenters. The Morgan fingerprint density at radius 1 is 0.486 bits per heavy atom. The quantitative estimate of drug-likeness (QED) is 0.225. The summed E-state index contributed by atoms with van der Waals surface area (Å²) < 4.78 is 4.59. The predicted octanol–water partition coefficient (Wildman–Crippen LogP) is 0.958. The molecule has 0 saturated carbocycles. The molecule has 0 aliphatic heterocycles. The van der Waals surface area contributed by atoms with Gasteiger partial charge < -0.3 is 45.6 Å². The fourth-order valence-corrected chi connectivity index (χ4v) is 0.457. The summed E-state index contributed by atoms with van der Waals surface area (Å²) in [5.74, 6) is -6.06. The van der Waals surface area contributed by atoms with E-state index in [-0.39, 0.29) is 12.6 Å². The molecule has 0 amide bonds. The number of aliphatic hydroxyl groups is 1. The van der Waals surface area contributed by atoms with Crippen LogP contribution in [0.4, 0.5) is 0 Å². The van der Waals surface area contributed by atoms with Gasteiger partial charge in [-0.25, -0.2) is 0 Å². The van der Waals surface area contributed by atoms with E-state index in [1.807, 2.05) is 0 Å². The van der Waals surface area contributed by atoms with Crippen molar-refractivity contribution in [2.45, 2.75) is 68.2 Å². The van der Waals surface area contributed by atoms with Gasteiger partial charge in [-0.05, 0) is 13.3 Å². The monoisotopic (exact) mass is 552 g/mol. The van der Waals surface area contributed by atoms with Crippen LogP contribution >= 0.6 is 0 Å². The molecule has 0 radical (unpaired) electrons. The van der Waals surface area contributed by atoms with Crippen LogP contribution in [0.1, 0.15) is 68.2 Å². The van der Waals surface area contributed by atoms with Gasteiger partial charge in [0.2, 0.25) is 0 Å². The number of esters is 1. The van der Waals surface area contributed by atoms with Crippen molar-refractivity contribution in [1.29, 1.82) is 0 Å². The Balaban J connectivity index is -0.0000000446. The van der Waals surface area contributed by atoms with Gasteiger partial charge in [-0.3, -0.25) is 38.4 Å². The fraction of sp³-hybridized carbons (Fsp3) is 0.600. The summed E-state index contributed by atoms with van der Waals surface area (Å²) in [5, 5.41) is 60.2. The lowest BCUT2D eigenvalue weighted by Gasteiger charge is -1.97. The second kappa shape index (κ2) is 49.0. The first-order valence-corrected chi connectivity index (χ1v) is 9.57. The average Bonchev–Trinajstić information content (AvgIpc) is 2.56. The molecule has 0 spiro atoms. The molecule has 17 nitrogen and oxygen atoms in total. The summed E-state index contributed by atoms with van der Waals surface area (Å²) >= 11 is 0. The van der Waals surface area contributed by atoms with E-state index in [9.17, 15) is 4.79 Å². The summed E-state index contributed by atoms with van der Waals surface area (Å²) in [6.07, 6.45) is 0.823. The number of aliphatic hydroxyl groups excluding tert-OH is 1. The van der Waals surface area contributed by atoms with Crippen LogP contribution in [0.5, 0.6) is 0 Å². The van der Waals surface area contributed by atoms with Crippen molar-refractivity contribution >= 4 is 47.8 Å². The minimum absolute atomic E-state index is 0.0544. The van der Waals surface area contributed by atoms with Crippen LogP contribution in [0.2, 0.25) is 0 Å². The molecule has 0 aromatic rings. The molecule has 222 valence electrons. The van der Waals surface area contributed by atoms with Gasteiger partial charge in [0.1, 0.15) is 0 Å². The molecule has 0 bridgehead atoms. The summed E-state index contributed by atoms with van der Waals surface area (Å²) in [5.41, 5.74) is 0. The first-order valence-electron chi connectivity index (χ1n) is 9.57. The van der Waals surface area contributed by atoms with Gasteiger partial charge in [0.05, 0.1) is 6.61 Å². The zero-order valence-electron chi connectivity index (χ0n) is 22.1. The Kier molecular flexibility index (Phi) is 71.3. The topological polar surface area (TPSA) is 308 Å². The van der Waals surface area contributed by atoms with Gasteiger partial charge in [-0.1, -0.05) is 0 Å². The molecule has 0 rings (SSSR count). The Morgan fingerprint density at radius 3 is 0.757 bits per heavy atom. The third kappa shape index (κ3) is 3790. The van der Waals surface area contributed by atoms with E-state index >= 15 is 0 Å². The molecule has 0 fully saturated rings. The maximum absolute atomic E-state index is 10.5. The lowest BCUT2D eigenvalue weighted by atomic mass is 10.3. The van der Waals surface area contributed by atoms with E-state index in [0.717, 1.165) is 48.5 Å². The number of carboxylic acids is 7. The van der Waals surface area contributed by atoms with Crippen molar-refractivity contribution in [2.24, 2.45) is 0 Å². The first-order chi connectivity index (χ1) is 16.4. The molecule has 37 heavy (non-hydrogen) atoms. The van der Waals surface area contributed by atoms with Gasteiger partial charge >= 0.3 is 5.97 Å². The predicted molar refractivity (Wildman–Crippen MR) is 126 cm³/mol. The Labute approximate surface area is 213 Å². The minimum atomic E-state index is -0.833. The van der Waals surface area contributed by atoms with Crippen molar-refractivity contribution in [3.05, 3.63) is 0 Å². The van der Waals surface area contributed by atoms with Crippen LogP contribution < -0.4 is 0 Å². The summed E-state index contributed by atoms with van der Waals surface area (Å²) in [6, 6.07) is 0. The molecular weight excluding hydrogens is 512 g/mol. The van der Waals surface area contributed by atoms with Crippen LogP contribution in [0, 0.1) is 0 Å². The lowest BCUT2D eigenvalue weighted by Crippen LogP contribution is -2.03. The Hall–Kier alpha value is -4.28. The van der Waals surface area contributed by atoms with Crippen LogP contribution in [0.15, 0.2) is 0 Å². The molecule has 0 aromatic carbocycles. The number of carboxylic acid groups (broad SMARTS) is 7. The van der Waals surface area contributed by atoms with E-state index in [2.05, 4.69) is 4.74 Å². The van der Waals surface area contributed by atoms with Crippen molar-refractivity contribution in [3.8, 4) is 0 Å². The molecule has 0 saturated heterocycles. The molecule has 0 atom stereocenters. The largest absolute Gasteiger partial charge is 0.481 e. The number of hydrogen-bond donors (Lipinski definition) is 8. The van der Waals surface area contributed by atoms with Gasteiger partial charge in [0, 0.05) is 61.5 Å². The number of rotatable bonds is 4. The molecule has 0 aliphatic carbocycles. The second-order valence-electron chi connectivity index (χ2n) is 5.27. The van der Waals surface area contributed by atoms with Crippen LogP contribution in [-0.4, -0.2) is 102 Å². The molecular formula is C20H40O17. The third-order valence-corrected chi connectivity index (χ3v) is 0.844. The van der Waals surface area contributed by atoms with Crippen molar-refractivity contribution in [3.63, 3.8) is 0 Å². The highest BCUT2D eigenvalue weighted by molar-refractivity contribution is 5.69. The number of carbonyl (C=O) groups is 8. The van der Waals surface area contributed by atoms with Gasteiger partial charge in [-0.15, -0.1) is 0 Å². The molecule has 0 heterocycles. The second-order valence-corrected chi connectivity index (χ2v) is 5.27. The van der Waals surface area contributed by atoms with E-state index in [1.54, 1.807) is 6.92 Å². The minimum Gasteiger partial charge on any atom is -0.481 e. The number of hydrogen-bond acceptors (Lipinski definition) is 10. The van der Waals surface area contributed by atoms with Crippen molar-refractivity contribution < 1.29 is 83.9 Å². The summed E-state index contributed by atoms with van der Waals surface area (Å²) in [7, 11) is 0. The Bertz CT molecular complexity index is 466. The fourth-order valence-electron chi connectivity index (χ4n) is 0.457. The highest BCUT2D eigenvalue weighted by Crippen LogP contribution is 1.90. The lowest BCUT2D eigenvalue weighted by molar-refractivity contribution is -0.143. The summed E-state index contributed by atoms with van der Waals surface area (Å²) in [6.45, 7) is 9.82. The smallest absolute Gasteiger partial charge is 0.305 e. The van der Waals surface area contributed by atoms with Gasteiger partial charge in [-0.2, -0.15) is 0 Å². The van der Waals surface area contributed by atoms with Gasteiger partial charge in [0.25, 0.3) is 41.8 Å². The number of ether oxygens (including phenoxy) is 1. The number of aliphatic carboxylic acids is 7. The maximum atomic E-state index is 10.5. The van der Waals surface area contributed by atoms with Gasteiger partial charge in [0.15, 0.2) is 0 Å². The zero-order valence-corrected chi connectivity index (χ0v) is 22.1. The van der Waals surface area contributed by atoms with Crippen LogP contribution in [0.25, 0.3) is 0 Å². The maximum Gasteiger partial charge on any atom is 0.305 e. The summed E-state index contributed by atoms with van der Waals surface area (Å²) in [4.78, 5) is 73.5. The van der Waals surface area contributed by atoms with E-state index in [1.165, 1.54) is 0 Å². The zero-order chi connectivity index (χ0) is 32.2. The van der Waals surface area contributed by atoms with Crippen molar-refractivity contribution in [2.75, 3.05) is 13.2 Å². The molecule has 17 heteroatoms. The van der Waals surface area contributed by atoms with E-state index in [4.69, 9.17) is 74.4 Å². The average molecular weight is 553 g/mol. The van der Waals surface area contributed by atoms with Crippen LogP contribution in [0.3, 0.4) is 0 Å². The normalized spacial score (nSPS) is 6.95. The third-order valence-electron chi connectivity index (χ3n) is 0.844. The van der Waals surface area contributed by atoms with Crippen LogP contribution in [-0.2, 0) is 43.1 Å². The molecule has 0 aromatic heterocycles. The number of carbonyl (C=O) groups excluding carboxylic acids is 1. The van der Waals surface area contributed by atoms with E-state index < -0.39 is 41.8 Å². The highest BCUT2D eigenvalue weighted by atomic mass is 16.5. The standard InChI is InChI=1S/C6H12O3.7C2H4O2/c1-2-9-6(8)4-3-5-7;7*1-2(3)4/h7H,2-5H2,1H3;7*1H3,(H,3,4). The van der Waals surface area contributed by atoms with Crippen molar-refractivity contribution in [1.82, 2.24) is 0 Å². The molecule has 0 aliphatic rings. The first kappa shape index (κ1) is 53.9.